The molecule has 0 radical (unpaired) electrons. The van der Waals surface area contributed by atoms with Gasteiger partial charge in [-0.1, -0.05) is 12.1 Å². The molecule has 0 bridgehead atoms. The largest absolute Gasteiger partial charge is 0.270 e. The lowest BCUT2D eigenvalue weighted by Gasteiger charge is -2.07. The maximum Gasteiger partial charge on any atom is 0.199 e. The molecule has 4 nitrogen and oxygen atoms in total. The zero-order valence-corrected chi connectivity index (χ0v) is 11.9. The molecule has 90 valence electrons. The average molecular weight is 321 g/mol. The highest BCUT2D eigenvalue weighted by Crippen LogP contribution is 2.23. The molecule has 3 rings (SSSR count). The Morgan fingerprint density at radius 2 is 2.22 bits per heavy atom. The van der Waals surface area contributed by atoms with E-state index in [1.54, 1.807) is 6.20 Å². The molecule has 2 heterocycles. The van der Waals surface area contributed by atoms with E-state index in [2.05, 4.69) is 31.1 Å². The predicted molar refractivity (Wildman–Crippen MR) is 76.5 cm³/mol. The molecule has 2 aromatic heterocycles. The number of hydrogen-bond acceptors (Lipinski definition) is 3. The Labute approximate surface area is 117 Å². The van der Waals surface area contributed by atoms with Crippen molar-refractivity contribution in [3.05, 3.63) is 45.5 Å². The molecule has 1 N–H and O–H groups in total. The van der Waals surface area contributed by atoms with Crippen LogP contribution in [0.3, 0.4) is 0 Å². The Hall–Kier alpha value is -1.53. The summed E-state index contributed by atoms with van der Waals surface area (Å²) in [5.41, 5.74) is 1.84. The second-order valence-electron chi connectivity index (χ2n) is 3.91. The van der Waals surface area contributed by atoms with Crippen LogP contribution in [-0.2, 0) is 0 Å². The van der Waals surface area contributed by atoms with Crippen LogP contribution >= 0.6 is 28.1 Å². The molecule has 0 saturated heterocycles. The second kappa shape index (κ2) is 4.29. The van der Waals surface area contributed by atoms with Crippen molar-refractivity contribution in [2.24, 2.45) is 0 Å². The zero-order chi connectivity index (χ0) is 12.7. The van der Waals surface area contributed by atoms with Gasteiger partial charge in [-0.2, -0.15) is 5.10 Å². The number of benzene rings is 1. The first-order valence-corrected chi connectivity index (χ1v) is 6.55. The third-order valence-electron chi connectivity index (χ3n) is 2.74. The summed E-state index contributed by atoms with van der Waals surface area (Å²) in [5.74, 6) is 0.817. The first kappa shape index (κ1) is 11.6. The van der Waals surface area contributed by atoms with E-state index in [0.717, 1.165) is 26.9 Å². The van der Waals surface area contributed by atoms with Crippen LogP contribution < -0.4 is 0 Å². The average Bonchev–Trinajstić information content (AvgIpc) is 2.68. The second-order valence-corrected chi connectivity index (χ2v) is 5.22. The minimum absolute atomic E-state index is 0.574. The minimum atomic E-state index is 0.574. The summed E-state index contributed by atoms with van der Waals surface area (Å²) in [5, 5.41) is 7.98. The van der Waals surface area contributed by atoms with Crippen molar-refractivity contribution < 1.29 is 0 Å². The first-order chi connectivity index (χ1) is 8.66. The summed E-state index contributed by atoms with van der Waals surface area (Å²) < 4.78 is 3.42. The first-order valence-electron chi connectivity index (χ1n) is 5.35. The minimum Gasteiger partial charge on any atom is -0.270 e. The smallest absolute Gasteiger partial charge is 0.199 e. The Bertz CT molecular complexity index is 790. The molecule has 6 heteroatoms. The molecule has 0 unspecified atom stereocenters. The van der Waals surface area contributed by atoms with Gasteiger partial charge in [-0.05, 0) is 47.2 Å². The number of para-hydroxylation sites is 1. The third kappa shape index (κ3) is 1.77. The fourth-order valence-corrected chi connectivity index (χ4v) is 2.58. The number of aryl methyl sites for hydroxylation is 1. The monoisotopic (exact) mass is 320 g/mol. The van der Waals surface area contributed by atoms with Crippen LogP contribution in [-0.4, -0.2) is 19.7 Å². The van der Waals surface area contributed by atoms with Gasteiger partial charge in [-0.25, -0.2) is 0 Å². The van der Waals surface area contributed by atoms with Crippen LogP contribution in [0.5, 0.6) is 0 Å². The lowest BCUT2D eigenvalue weighted by molar-refractivity contribution is 0.967. The number of rotatable bonds is 1. The SMILES string of the molecule is Cc1n[nH]c(=S)n1-c1cccc2cc(Br)cnc12. The molecule has 0 aliphatic heterocycles. The molecule has 0 aliphatic rings. The highest BCUT2D eigenvalue weighted by Gasteiger charge is 2.09. The maximum atomic E-state index is 5.25. The predicted octanol–water partition coefficient (Wildman–Crippen LogP) is 3.55. The fraction of sp³-hybridized carbons (Fsp3) is 0.0833. The van der Waals surface area contributed by atoms with E-state index >= 15 is 0 Å². The maximum absolute atomic E-state index is 5.25. The highest BCUT2D eigenvalue weighted by atomic mass is 79.9. The summed E-state index contributed by atoms with van der Waals surface area (Å²) in [4.78, 5) is 4.46. The van der Waals surface area contributed by atoms with Gasteiger partial charge in [-0.3, -0.25) is 14.6 Å². The summed E-state index contributed by atoms with van der Waals surface area (Å²) in [6.07, 6.45) is 1.78. The quantitative estimate of drug-likeness (QED) is 0.697. The number of hydrogen-bond donors (Lipinski definition) is 1. The van der Waals surface area contributed by atoms with Crippen molar-refractivity contribution in [2.45, 2.75) is 6.92 Å². The summed E-state index contributed by atoms with van der Waals surface area (Å²) in [6, 6.07) is 8.03. The molecule has 3 aromatic rings. The number of fused-ring (bicyclic) bond motifs is 1. The van der Waals surface area contributed by atoms with E-state index in [0.29, 0.717) is 4.77 Å². The Morgan fingerprint density at radius 3 is 2.94 bits per heavy atom. The highest BCUT2D eigenvalue weighted by molar-refractivity contribution is 9.10. The molecular weight excluding hydrogens is 312 g/mol. The van der Waals surface area contributed by atoms with Crippen molar-refractivity contribution in [2.75, 3.05) is 0 Å². The van der Waals surface area contributed by atoms with Crippen LogP contribution in [0.1, 0.15) is 5.82 Å². The van der Waals surface area contributed by atoms with Gasteiger partial charge in [0.05, 0.1) is 11.2 Å². The topological polar surface area (TPSA) is 46.5 Å². The molecule has 18 heavy (non-hydrogen) atoms. The molecule has 0 fully saturated rings. The van der Waals surface area contributed by atoms with Crippen molar-refractivity contribution in [1.29, 1.82) is 0 Å². The molecule has 0 atom stereocenters. The molecule has 0 aliphatic carbocycles. The van der Waals surface area contributed by atoms with Crippen molar-refractivity contribution in [1.82, 2.24) is 19.7 Å². The summed E-state index contributed by atoms with van der Waals surface area (Å²) in [7, 11) is 0. The number of H-pyrrole nitrogens is 1. The van der Waals surface area contributed by atoms with E-state index in [-0.39, 0.29) is 0 Å². The van der Waals surface area contributed by atoms with Crippen LogP contribution in [0.2, 0.25) is 0 Å². The number of halogens is 1. The van der Waals surface area contributed by atoms with Gasteiger partial charge in [0.15, 0.2) is 4.77 Å². The van der Waals surface area contributed by atoms with E-state index < -0.39 is 0 Å². The van der Waals surface area contributed by atoms with Gasteiger partial charge in [0, 0.05) is 16.1 Å². The fourth-order valence-electron chi connectivity index (χ4n) is 1.96. The van der Waals surface area contributed by atoms with Gasteiger partial charge >= 0.3 is 0 Å². The van der Waals surface area contributed by atoms with Crippen LogP contribution in [0.15, 0.2) is 34.9 Å². The molecule has 0 spiro atoms. The van der Waals surface area contributed by atoms with Gasteiger partial charge in [0.25, 0.3) is 0 Å². The van der Waals surface area contributed by atoms with Crippen molar-refractivity contribution in [3.63, 3.8) is 0 Å². The number of pyridine rings is 1. The number of aromatic amines is 1. The number of nitrogens with one attached hydrogen (secondary N) is 1. The summed E-state index contributed by atoms with van der Waals surface area (Å²) >= 11 is 8.68. The van der Waals surface area contributed by atoms with Gasteiger partial charge in [-0.15, -0.1) is 0 Å². The van der Waals surface area contributed by atoms with Crippen LogP contribution in [0, 0.1) is 11.7 Å². The van der Waals surface area contributed by atoms with E-state index in [4.69, 9.17) is 12.2 Å². The standard InChI is InChI=1S/C12H9BrN4S/c1-7-15-16-12(18)17(7)10-4-2-3-8-5-9(13)6-14-11(8)10/h2-6H,1H3,(H,16,18). The zero-order valence-electron chi connectivity index (χ0n) is 9.51. The summed E-state index contributed by atoms with van der Waals surface area (Å²) in [6.45, 7) is 1.91. The lowest BCUT2D eigenvalue weighted by Crippen LogP contribution is -1.99. The molecule has 0 amide bonds. The Kier molecular flexibility index (Phi) is 2.76. The van der Waals surface area contributed by atoms with Crippen LogP contribution in [0.4, 0.5) is 0 Å². The van der Waals surface area contributed by atoms with Crippen LogP contribution in [0.25, 0.3) is 16.6 Å². The van der Waals surface area contributed by atoms with Gasteiger partial charge < -0.3 is 0 Å². The normalized spacial score (nSPS) is 11.0. The molecule has 1 aromatic carbocycles. The number of nitrogens with zero attached hydrogens (tertiary/aromatic N) is 3. The Balaban J connectivity index is 2.40. The van der Waals surface area contributed by atoms with E-state index in [1.165, 1.54) is 0 Å². The van der Waals surface area contributed by atoms with Gasteiger partial charge in [0.2, 0.25) is 0 Å². The molecule has 0 saturated carbocycles. The molecular formula is C12H9BrN4S. The third-order valence-corrected chi connectivity index (χ3v) is 3.44. The Morgan fingerprint density at radius 1 is 1.39 bits per heavy atom. The number of aromatic nitrogens is 4. The van der Waals surface area contributed by atoms with E-state index in [1.807, 2.05) is 35.8 Å². The lowest BCUT2D eigenvalue weighted by atomic mass is 10.2. The van der Waals surface area contributed by atoms with E-state index in [9.17, 15) is 0 Å². The van der Waals surface area contributed by atoms with Crippen molar-refractivity contribution >= 4 is 39.1 Å². The van der Waals surface area contributed by atoms with Crippen molar-refractivity contribution in [3.8, 4) is 5.69 Å². The van der Waals surface area contributed by atoms with Gasteiger partial charge in [0.1, 0.15) is 5.82 Å².